The second-order valence-electron chi connectivity index (χ2n) is 4.55. The number of thiophene rings is 1. The molecule has 1 aromatic carbocycles. The van der Waals surface area contributed by atoms with Crippen LogP contribution in [-0.2, 0) is 6.54 Å². The van der Waals surface area contributed by atoms with Gasteiger partial charge in [0.05, 0.1) is 0 Å². The van der Waals surface area contributed by atoms with E-state index in [0.717, 1.165) is 17.0 Å². The molecule has 0 aliphatic heterocycles. The lowest BCUT2D eigenvalue weighted by atomic mass is 10.2. The molecule has 3 rings (SSSR count). The number of nitrogens with one attached hydrogen (secondary N) is 1. The van der Waals surface area contributed by atoms with Crippen LogP contribution in [0, 0.1) is 5.82 Å². The lowest BCUT2D eigenvalue weighted by Crippen LogP contribution is -2.14. The summed E-state index contributed by atoms with van der Waals surface area (Å²) in [5, 5.41) is 4.06. The summed E-state index contributed by atoms with van der Waals surface area (Å²) in [6.07, 6.45) is 2.57. The molecule has 2 aromatic rings. The van der Waals surface area contributed by atoms with E-state index in [1.165, 1.54) is 29.9 Å². The van der Waals surface area contributed by atoms with Crippen LogP contribution in [0.4, 0.5) is 4.39 Å². The van der Waals surface area contributed by atoms with Crippen LogP contribution >= 0.6 is 22.9 Å². The Morgan fingerprint density at radius 1 is 1.28 bits per heavy atom. The van der Waals surface area contributed by atoms with E-state index in [1.54, 1.807) is 17.4 Å². The van der Waals surface area contributed by atoms with Crippen molar-refractivity contribution in [3.63, 3.8) is 0 Å². The van der Waals surface area contributed by atoms with Crippen molar-refractivity contribution < 1.29 is 4.39 Å². The van der Waals surface area contributed by atoms with E-state index >= 15 is 0 Å². The zero-order valence-electron chi connectivity index (χ0n) is 9.75. The molecule has 0 saturated heterocycles. The van der Waals surface area contributed by atoms with E-state index in [4.69, 9.17) is 11.6 Å². The van der Waals surface area contributed by atoms with Gasteiger partial charge in [-0.05, 0) is 43.2 Å². The summed E-state index contributed by atoms with van der Waals surface area (Å²) in [5.74, 6) is -0.250. The average molecular weight is 282 g/mol. The van der Waals surface area contributed by atoms with Crippen LogP contribution in [0.25, 0.3) is 10.4 Å². The molecular formula is C14H13ClFNS. The Hall–Kier alpha value is -0.900. The fourth-order valence-corrected chi connectivity index (χ4v) is 3.10. The predicted octanol–water partition coefficient (Wildman–Crippen LogP) is 4.46. The number of benzene rings is 1. The molecule has 1 N–H and O–H groups in total. The second-order valence-corrected chi connectivity index (χ2v) is 6.12. The molecule has 0 unspecified atom stereocenters. The lowest BCUT2D eigenvalue weighted by Gasteiger charge is -2.01. The first-order valence-corrected chi connectivity index (χ1v) is 7.19. The summed E-state index contributed by atoms with van der Waals surface area (Å²) in [6.45, 7) is 0.891. The standard InChI is InChI=1S/C14H13ClFNS/c15-13-5-1-9(16)7-12(13)14-6-4-11(18-14)8-17-10-2-3-10/h1,4-7,10,17H,2-3,8H2. The van der Waals surface area contributed by atoms with Gasteiger partial charge in [0.1, 0.15) is 5.82 Å². The van der Waals surface area contributed by atoms with Crippen LogP contribution in [0.3, 0.4) is 0 Å². The Morgan fingerprint density at radius 3 is 2.89 bits per heavy atom. The van der Waals surface area contributed by atoms with Crippen LogP contribution < -0.4 is 5.32 Å². The van der Waals surface area contributed by atoms with Crippen molar-refractivity contribution in [2.75, 3.05) is 0 Å². The molecular weight excluding hydrogens is 269 g/mol. The van der Waals surface area contributed by atoms with Crippen molar-refractivity contribution in [1.29, 1.82) is 0 Å². The molecule has 1 nitrogen and oxygen atoms in total. The van der Waals surface area contributed by atoms with Crippen molar-refractivity contribution in [3.05, 3.63) is 46.0 Å². The number of hydrogen-bond donors (Lipinski definition) is 1. The fraction of sp³-hybridized carbons (Fsp3) is 0.286. The largest absolute Gasteiger partial charge is 0.309 e. The minimum absolute atomic E-state index is 0.250. The highest BCUT2D eigenvalue weighted by Crippen LogP contribution is 2.34. The molecule has 1 aliphatic carbocycles. The molecule has 1 heterocycles. The smallest absolute Gasteiger partial charge is 0.123 e. The van der Waals surface area contributed by atoms with Crippen LogP contribution in [0.5, 0.6) is 0 Å². The molecule has 18 heavy (non-hydrogen) atoms. The maximum absolute atomic E-state index is 13.2. The van der Waals surface area contributed by atoms with Gasteiger partial charge in [-0.25, -0.2) is 4.39 Å². The Kier molecular flexibility index (Phi) is 3.37. The van der Waals surface area contributed by atoms with Gasteiger partial charge in [-0.3, -0.25) is 0 Å². The molecule has 1 fully saturated rings. The fourth-order valence-electron chi connectivity index (χ4n) is 1.84. The summed E-state index contributed by atoms with van der Waals surface area (Å²) in [7, 11) is 0. The van der Waals surface area contributed by atoms with E-state index in [1.807, 2.05) is 6.07 Å². The first kappa shape index (κ1) is 12.2. The van der Waals surface area contributed by atoms with Gasteiger partial charge in [0, 0.05) is 32.9 Å². The Morgan fingerprint density at radius 2 is 2.11 bits per heavy atom. The number of hydrogen-bond acceptors (Lipinski definition) is 2. The second kappa shape index (κ2) is 5.00. The van der Waals surface area contributed by atoms with Gasteiger partial charge in [0.15, 0.2) is 0 Å². The van der Waals surface area contributed by atoms with E-state index in [9.17, 15) is 4.39 Å². The van der Waals surface area contributed by atoms with E-state index in [0.29, 0.717) is 11.1 Å². The average Bonchev–Trinajstić information content (AvgIpc) is 3.08. The Bertz CT molecular complexity index is 563. The third-order valence-corrected chi connectivity index (χ3v) is 4.45. The first-order chi connectivity index (χ1) is 8.72. The number of rotatable bonds is 4. The normalized spacial score (nSPS) is 15.0. The zero-order valence-corrected chi connectivity index (χ0v) is 11.3. The third-order valence-electron chi connectivity index (χ3n) is 3.00. The molecule has 0 atom stereocenters. The van der Waals surface area contributed by atoms with Crippen molar-refractivity contribution in [3.8, 4) is 10.4 Å². The predicted molar refractivity (Wildman–Crippen MR) is 74.6 cm³/mol. The summed E-state index contributed by atoms with van der Waals surface area (Å²) in [5.41, 5.74) is 0.777. The lowest BCUT2D eigenvalue weighted by molar-refractivity contribution is 0.628. The topological polar surface area (TPSA) is 12.0 Å². The quantitative estimate of drug-likeness (QED) is 0.872. The Balaban J connectivity index is 1.80. The maximum Gasteiger partial charge on any atom is 0.123 e. The Labute approximate surface area is 115 Å². The van der Waals surface area contributed by atoms with Gasteiger partial charge < -0.3 is 5.32 Å². The maximum atomic E-state index is 13.2. The highest BCUT2D eigenvalue weighted by atomic mass is 35.5. The number of halogens is 2. The monoisotopic (exact) mass is 281 g/mol. The van der Waals surface area contributed by atoms with Gasteiger partial charge in [-0.1, -0.05) is 11.6 Å². The molecule has 0 amide bonds. The van der Waals surface area contributed by atoms with E-state index in [-0.39, 0.29) is 5.82 Å². The molecule has 1 aromatic heterocycles. The van der Waals surface area contributed by atoms with Gasteiger partial charge in [-0.2, -0.15) is 0 Å². The summed E-state index contributed by atoms with van der Waals surface area (Å²) in [6, 6.07) is 9.27. The van der Waals surface area contributed by atoms with Crippen molar-refractivity contribution in [1.82, 2.24) is 5.32 Å². The van der Waals surface area contributed by atoms with Crippen LogP contribution in [0.1, 0.15) is 17.7 Å². The van der Waals surface area contributed by atoms with Crippen molar-refractivity contribution >= 4 is 22.9 Å². The molecule has 0 spiro atoms. The first-order valence-electron chi connectivity index (χ1n) is 6.00. The van der Waals surface area contributed by atoms with Crippen LogP contribution in [-0.4, -0.2) is 6.04 Å². The molecule has 94 valence electrons. The SMILES string of the molecule is Fc1ccc(Cl)c(-c2ccc(CNC3CC3)s2)c1. The zero-order chi connectivity index (χ0) is 12.5. The highest BCUT2D eigenvalue weighted by molar-refractivity contribution is 7.15. The van der Waals surface area contributed by atoms with Gasteiger partial charge in [0.2, 0.25) is 0 Å². The van der Waals surface area contributed by atoms with Gasteiger partial charge in [0.25, 0.3) is 0 Å². The van der Waals surface area contributed by atoms with Gasteiger partial charge >= 0.3 is 0 Å². The van der Waals surface area contributed by atoms with E-state index in [2.05, 4.69) is 11.4 Å². The molecule has 1 saturated carbocycles. The molecule has 0 bridgehead atoms. The van der Waals surface area contributed by atoms with E-state index < -0.39 is 0 Å². The molecule has 1 aliphatic rings. The third kappa shape index (κ3) is 2.74. The minimum atomic E-state index is -0.250. The highest BCUT2D eigenvalue weighted by Gasteiger charge is 2.20. The van der Waals surface area contributed by atoms with Crippen LogP contribution in [0.2, 0.25) is 5.02 Å². The van der Waals surface area contributed by atoms with Crippen LogP contribution in [0.15, 0.2) is 30.3 Å². The summed E-state index contributed by atoms with van der Waals surface area (Å²) in [4.78, 5) is 2.28. The minimum Gasteiger partial charge on any atom is -0.309 e. The summed E-state index contributed by atoms with van der Waals surface area (Å²) < 4.78 is 13.2. The molecule has 4 heteroatoms. The van der Waals surface area contributed by atoms with Crippen molar-refractivity contribution in [2.45, 2.75) is 25.4 Å². The van der Waals surface area contributed by atoms with Crippen molar-refractivity contribution in [2.24, 2.45) is 0 Å². The summed E-state index contributed by atoms with van der Waals surface area (Å²) >= 11 is 7.77. The van der Waals surface area contributed by atoms with Gasteiger partial charge in [-0.15, -0.1) is 11.3 Å². The molecule has 0 radical (unpaired) electrons.